The Balaban J connectivity index is 2.40. The van der Waals surface area contributed by atoms with E-state index in [4.69, 9.17) is 0 Å². The number of H-pyrrole nitrogens is 1. The molecule has 0 saturated heterocycles. The molecule has 0 aliphatic rings. The first-order chi connectivity index (χ1) is 7.87. The van der Waals surface area contributed by atoms with E-state index in [2.05, 4.69) is 20.9 Å². The van der Waals surface area contributed by atoms with E-state index in [1.807, 2.05) is 4.72 Å². The van der Waals surface area contributed by atoms with Gasteiger partial charge in [0.15, 0.2) is 0 Å². The van der Waals surface area contributed by atoms with Crippen molar-refractivity contribution in [3.05, 3.63) is 34.4 Å². The number of hydrogen-bond donors (Lipinski definition) is 2. The Morgan fingerprint density at radius 3 is 2.76 bits per heavy atom. The highest BCUT2D eigenvalue weighted by Crippen LogP contribution is 2.24. The van der Waals surface area contributed by atoms with Crippen LogP contribution in [0.25, 0.3) is 10.9 Å². The monoisotopic (exact) mass is 316 g/mol. The van der Waals surface area contributed by atoms with Gasteiger partial charge in [-0.15, -0.1) is 0 Å². The molecule has 0 saturated carbocycles. The average Bonchev–Trinajstić information content (AvgIpc) is 2.57. The molecule has 1 aromatic carbocycles. The van der Waals surface area contributed by atoms with Crippen LogP contribution < -0.4 is 4.72 Å². The van der Waals surface area contributed by atoms with Gasteiger partial charge in [0.1, 0.15) is 0 Å². The number of hydrogen-bond acceptors (Lipinski definition) is 3. The summed E-state index contributed by atoms with van der Waals surface area (Å²) in [7, 11) is -3.54. The number of sulfonamides is 1. The molecule has 1 amide bonds. The topological polar surface area (TPSA) is 79.0 Å². The van der Waals surface area contributed by atoms with Gasteiger partial charge >= 0.3 is 0 Å². The Morgan fingerprint density at radius 2 is 2.12 bits per heavy atom. The first-order valence-electron chi connectivity index (χ1n) is 4.65. The van der Waals surface area contributed by atoms with Crippen molar-refractivity contribution in [3.63, 3.8) is 0 Å². The minimum atomic E-state index is -3.54. The predicted molar refractivity (Wildman–Crippen MR) is 68.3 cm³/mol. The van der Waals surface area contributed by atoms with Gasteiger partial charge in [-0.05, 0) is 28.1 Å². The molecule has 90 valence electrons. The molecule has 0 spiro atoms. The van der Waals surface area contributed by atoms with Crippen LogP contribution in [-0.4, -0.2) is 25.6 Å². The third kappa shape index (κ3) is 2.67. The molecule has 7 heteroatoms. The fraction of sp³-hybridized carbons (Fsp3) is 0.100. The number of halogens is 1. The highest BCUT2D eigenvalue weighted by atomic mass is 79.9. The fourth-order valence-electron chi connectivity index (χ4n) is 1.46. The summed E-state index contributed by atoms with van der Waals surface area (Å²) in [4.78, 5) is 14.6. The molecule has 2 N–H and O–H groups in total. The van der Waals surface area contributed by atoms with Crippen molar-refractivity contribution in [2.45, 2.75) is 0 Å². The van der Waals surface area contributed by atoms with Gasteiger partial charge in [-0.3, -0.25) is 4.79 Å². The molecule has 0 bridgehead atoms. The zero-order valence-corrected chi connectivity index (χ0v) is 11.2. The quantitative estimate of drug-likeness (QED) is 0.883. The number of carbonyl (C=O) groups is 1. The molecular weight excluding hydrogens is 308 g/mol. The second-order valence-electron chi connectivity index (χ2n) is 3.60. The zero-order chi connectivity index (χ0) is 12.6. The van der Waals surface area contributed by atoms with Crippen molar-refractivity contribution in [1.29, 1.82) is 0 Å². The second-order valence-corrected chi connectivity index (χ2v) is 6.20. The number of carbonyl (C=O) groups excluding carboxylic acids is 1. The Morgan fingerprint density at radius 1 is 1.41 bits per heavy atom. The molecule has 0 unspecified atom stereocenters. The standard InChI is InChI=1S/C10H9BrN2O3S/c1-17(15,16)13-10(14)6-2-3-7-8(11)5-12-9(7)4-6/h2-5,12H,1H3,(H,13,14). The molecule has 1 heterocycles. The summed E-state index contributed by atoms with van der Waals surface area (Å²) in [6.07, 6.45) is 2.69. The van der Waals surface area contributed by atoms with Gasteiger partial charge in [-0.1, -0.05) is 6.07 Å². The van der Waals surface area contributed by atoms with E-state index in [1.54, 1.807) is 24.4 Å². The SMILES string of the molecule is CS(=O)(=O)NC(=O)c1ccc2c(Br)c[nH]c2c1. The Hall–Kier alpha value is -1.34. The molecule has 17 heavy (non-hydrogen) atoms. The van der Waals surface area contributed by atoms with E-state index in [1.165, 1.54) is 0 Å². The first-order valence-corrected chi connectivity index (χ1v) is 7.34. The molecule has 2 aromatic rings. The number of nitrogens with one attached hydrogen (secondary N) is 2. The summed E-state index contributed by atoms with van der Waals surface area (Å²) >= 11 is 3.35. The summed E-state index contributed by atoms with van der Waals surface area (Å²) in [5.74, 6) is -0.639. The maximum atomic E-state index is 11.6. The molecule has 0 fully saturated rings. The summed E-state index contributed by atoms with van der Waals surface area (Å²) < 4.78 is 24.7. The van der Waals surface area contributed by atoms with Gasteiger partial charge in [0.05, 0.1) is 6.26 Å². The summed E-state index contributed by atoms with van der Waals surface area (Å²) in [6, 6.07) is 4.91. The number of amides is 1. The number of fused-ring (bicyclic) bond motifs is 1. The highest BCUT2D eigenvalue weighted by molar-refractivity contribution is 9.10. The highest BCUT2D eigenvalue weighted by Gasteiger charge is 2.12. The van der Waals surface area contributed by atoms with Gasteiger partial charge in [0, 0.05) is 27.1 Å². The van der Waals surface area contributed by atoms with Gasteiger partial charge < -0.3 is 4.98 Å². The lowest BCUT2D eigenvalue weighted by atomic mass is 10.1. The van der Waals surface area contributed by atoms with E-state index in [9.17, 15) is 13.2 Å². The van der Waals surface area contributed by atoms with Crippen LogP contribution in [-0.2, 0) is 10.0 Å². The third-order valence-corrected chi connectivity index (χ3v) is 3.38. The Labute approximate surface area is 106 Å². The smallest absolute Gasteiger partial charge is 0.264 e. The minimum absolute atomic E-state index is 0.289. The molecule has 1 aromatic heterocycles. The van der Waals surface area contributed by atoms with Crippen LogP contribution >= 0.6 is 15.9 Å². The first kappa shape index (κ1) is 12.1. The lowest BCUT2D eigenvalue weighted by Crippen LogP contribution is -2.29. The van der Waals surface area contributed by atoms with Crippen LogP contribution in [0.1, 0.15) is 10.4 Å². The van der Waals surface area contributed by atoms with E-state index in [-0.39, 0.29) is 5.56 Å². The van der Waals surface area contributed by atoms with Crippen molar-refractivity contribution in [2.75, 3.05) is 6.26 Å². The van der Waals surface area contributed by atoms with Gasteiger partial charge in [-0.2, -0.15) is 0 Å². The molecule has 2 rings (SSSR count). The largest absolute Gasteiger partial charge is 0.360 e. The van der Waals surface area contributed by atoms with Crippen LogP contribution in [0.15, 0.2) is 28.9 Å². The van der Waals surface area contributed by atoms with E-state index >= 15 is 0 Å². The molecule has 0 radical (unpaired) electrons. The Kier molecular flexibility index (Phi) is 2.96. The predicted octanol–water partition coefficient (Wildman–Crippen LogP) is 1.62. The van der Waals surface area contributed by atoms with Crippen molar-refractivity contribution in [2.24, 2.45) is 0 Å². The molecule has 5 nitrogen and oxygen atoms in total. The van der Waals surface area contributed by atoms with Crippen molar-refractivity contribution >= 4 is 42.8 Å². The second kappa shape index (κ2) is 4.15. The maximum absolute atomic E-state index is 11.6. The lowest BCUT2D eigenvalue weighted by molar-refractivity contribution is 0.0982. The molecular formula is C10H9BrN2O3S. The van der Waals surface area contributed by atoms with Crippen molar-refractivity contribution in [3.8, 4) is 0 Å². The number of aromatic amines is 1. The van der Waals surface area contributed by atoms with Crippen LogP contribution in [0.5, 0.6) is 0 Å². The number of aromatic nitrogens is 1. The number of rotatable bonds is 2. The van der Waals surface area contributed by atoms with Gasteiger partial charge in [-0.25, -0.2) is 13.1 Å². The average molecular weight is 317 g/mol. The van der Waals surface area contributed by atoms with Gasteiger partial charge in [0.25, 0.3) is 5.91 Å². The van der Waals surface area contributed by atoms with E-state index in [0.29, 0.717) is 0 Å². The Bertz CT molecular complexity index is 691. The van der Waals surface area contributed by atoms with Crippen molar-refractivity contribution < 1.29 is 13.2 Å². The molecule has 0 aliphatic carbocycles. The normalized spacial score (nSPS) is 11.6. The summed E-state index contributed by atoms with van der Waals surface area (Å²) in [5.41, 5.74) is 1.05. The van der Waals surface area contributed by atoms with Gasteiger partial charge in [0.2, 0.25) is 10.0 Å². The van der Waals surface area contributed by atoms with E-state index in [0.717, 1.165) is 21.6 Å². The molecule has 0 atom stereocenters. The lowest BCUT2D eigenvalue weighted by Gasteiger charge is -2.02. The van der Waals surface area contributed by atoms with Crippen LogP contribution in [0.3, 0.4) is 0 Å². The molecule has 0 aliphatic heterocycles. The summed E-state index contributed by atoms with van der Waals surface area (Å²) in [5, 5.41) is 0.931. The summed E-state index contributed by atoms with van der Waals surface area (Å²) in [6.45, 7) is 0. The van der Waals surface area contributed by atoms with Crippen LogP contribution in [0.4, 0.5) is 0 Å². The van der Waals surface area contributed by atoms with Crippen LogP contribution in [0, 0.1) is 0 Å². The van der Waals surface area contributed by atoms with Crippen molar-refractivity contribution in [1.82, 2.24) is 9.71 Å². The van der Waals surface area contributed by atoms with E-state index < -0.39 is 15.9 Å². The third-order valence-electron chi connectivity index (χ3n) is 2.17. The fourth-order valence-corrected chi connectivity index (χ4v) is 2.37. The maximum Gasteiger partial charge on any atom is 0.264 e. The van der Waals surface area contributed by atoms with Crippen LogP contribution in [0.2, 0.25) is 0 Å². The minimum Gasteiger partial charge on any atom is -0.360 e. The zero-order valence-electron chi connectivity index (χ0n) is 8.82. The number of benzene rings is 1.